The van der Waals surface area contributed by atoms with Gasteiger partial charge in [0.15, 0.2) is 17.3 Å². The summed E-state index contributed by atoms with van der Waals surface area (Å²) in [6.07, 6.45) is 0. The van der Waals surface area contributed by atoms with Gasteiger partial charge in [-0.1, -0.05) is 43.3 Å². The number of benzene rings is 2. The molecule has 0 aliphatic carbocycles. The van der Waals surface area contributed by atoms with Gasteiger partial charge in [-0.3, -0.25) is 4.79 Å². The lowest BCUT2D eigenvalue weighted by Crippen LogP contribution is -2.15. The first-order valence-electron chi connectivity index (χ1n) is 8.69. The smallest absolute Gasteiger partial charge is 0.278 e. The van der Waals surface area contributed by atoms with Crippen LogP contribution < -0.4 is 10.1 Å². The third-order valence-electron chi connectivity index (χ3n) is 4.24. The molecule has 0 saturated heterocycles. The van der Waals surface area contributed by atoms with E-state index in [0.717, 1.165) is 0 Å². The number of halogens is 1. The second-order valence-corrected chi connectivity index (χ2v) is 6.52. The first-order valence-corrected chi connectivity index (χ1v) is 8.69. The average Bonchev–Trinajstić information content (AvgIpc) is 3.02. The maximum Gasteiger partial charge on any atom is 0.278 e. The molecule has 3 aromatic rings. The third kappa shape index (κ3) is 4.34. The fraction of sp³-hybridized carbons (Fsp3) is 0.238. The standard InChI is InChI=1S/C21H21FN2O3/c1-13(2)15-8-10-16(11-9-15)23-21(25)20-17(14(3)27-24-20)12-26-19-7-5-4-6-18(19)22/h4-11,13H,12H2,1-3H3,(H,23,25). The molecule has 1 aromatic heterocycles. The van der Waals surface area contributed by atoms with Crippen LogP contribution in [0.25, 0.3) is 0 Å². The maximum absolute atomic E-state index is 13.7. The lowest BCUT2D eigenvalue weighted by molar-refractivity contribution is 0.101. The molecule has 2 aromatic carbocycles. The molecule has 1 N–H and O–H groups in total. The normalized spacial score (nSPS) is 10.9. The van der Waals surface area contributed by atoms with Crippen molar-refractivity contribution in [3.05, 3.63) is 76.9 Å². The van der Waals surface area contributed by atoms with Crippen LogP contribution in [0, 0.1) is 12.7 Å². The molecule has 0 spiro atoms. The van der Waals surface area contributed by atoms with Crippen molar-refractivity contribution < 1.29 is 18.4 Å². The van der Waals surface area contributed by atoms with Crippen molar-refractivity contribution in [2.45, 2.75) is 33.3 Å². The van der Waals surface area contributed by atoms with Crippen LogP contribution in [-0.4, -0.2) is 11.1 Å². The molecule has 1 heterocycles. The van der Waals surface area contributed by atoms with Crippen molar-refractivity contribution in [2.75, 3.05) is 5.32 Å². The minimum atomic E-state index is -0.470. The van der Waals surface area contributed by atoms with E-state index in [1.807, 2.05) is 24.3 Å². The molecule has 1 amide bonds. The van der Waals surface area contributed by atoms with Gasteiger partial charge in [0.1, 0.15) is 12.4 Å². The highest BCUT2D eigenvalue weighted by atomic mass is 19.1. The number of nitrogens with zero attached hydrogens (tertiary/aromatic N) is 1. The van der Waals surface area contributed by atoms with Crippen molar-refractivity contribution in [1.29, 1.82) is 0 Å². The quantitative estimate of drug-likeness (QED) is 0.659. The molecule has 140 valence electrons. The Morgan fingerprint density at radius 1 is 1.19 bits per heavy atom. The first-order chi connectivity index (χ1) is 13.0. The molecular weight excluding hydrogens is 347 g/mol. The highest BCUT2D eigenvalue weighted by molar-refractivity contribution is 6.03. The zero-order valence-corrected chi connectivity index (χ0v) is 15.5. The largest absolute Gasteiger partial charge is 0.486 e. The number of aromatic nitrogens is 1. The molecule has 0 fully saturated rings. The molecule has 0 radical (unpaired) electrons. The number of rotatable bonds is 6. The van der Waals surface area contributed by atoms with Crippen LogP contribution in [-0.2, 0) is 6.61 Å². The number of para-hydroxylation sites is 1. The van der Waals surface area contributed by atoms with E-state index in [4.69, 9.17) is 9.26 Å². The molecule has 0 unspecified atom stereocenters. The minimum Gasteiger partial charge on any atom is -0.486 e. The summed E-state index contributed by atoms with van der Waals surface area (Å²) in [6, 6.07) is 13.7. The van der Waals surface area contributed by atoms with Gasteiger partial charge < -0.3 is 14.6 Å². The molecule has 0 atom stereocenters. The van der Waals surface area contributed by atoms with Crippen molar-refractivity contribution in [1.82, 2.24) is 5.16 Å². The van der Waals surface area contributed by atoms with E-state index in [-0.39, 0.29) is 18.1 Å². The maximum atomic E-state index is 13.7. The first kappa shape index (κ1) is 18.6. The Bertz CT molecular complexity index is 933. The summed E-state index contributed by atoms with van der Waals surface area (Å²) in [5.74, 6) is 0.0922. The van der Waals surface area contributed by atoms with Crippen LogP contribution >= 0.6 is 0 Å². The van der Waals surface area contributed by atoms with Crippen LogP contribution in [0.5, 0.6) is 5.75 Å². The SMILES string of the molecule is Cc1onc(C(=O)Nc2ccc(C(C)C)cc2)c1COc1ccccc1F. The van der Waals surface area contributed by atoms with Crippen LogP contribution in [0.15, 0.2) is 53.1 Å². The average molecular weight is 368 g/mol. The van der Waals surface area contributed by atoms with E-state index < -0.39 is 11.7 Å². The lowest BCUT2D eigenvalue weighted by atomic mass is 10.0. The topological polar surface area (TPSA) is 64.4 Å². The monoisotopic (exact) mass is 368 g/mol. The zero-order valence-electron chi connectivity index (χ0n) is 15.5. The lowest BCUT2D eigenvalue weighted by Gasteiger charge is -2.09. The number of hydrogen-bond acceptors (Lipinski definition) is 4. The van der Waals surface area contributed by atoms with Crippen LogP contribution in [0.1, 0.15) is 47.1 Å². The van der Waals surface area contributed by atoms with E-state index in [2.05, 4.69) is 24.3 Å². The van der Waals surface area contributed by atoms with Crippen LogP contribution in [0.2, 0.25) is 0 Å². The van der Waals surface area contributed by atoms with E-state index in [9.17, 15) is 9.18 Å². The molecule has 6 heteroatoms. The predicted octanol–water partition coefficient (Wildman–Crippen LogP) is 5.08. The summed E-state index contributed by atoms with van der Waals surface area (Å²) in [4.78, 5) is 12.6. The van der Waals surface area contributed by atoms with Crippen molar-refractivity contribution in [3.63, 3.8) is 0 Å². The minimum absolute atomic E-state index is 0.0225. The molecule has 27 heavy (non-hydrogen) atoms. The Morgan fingerprint density at radius 3 is 2.56 bits per heavy atom. The van der Waals surface area contributed by atoms with Gasteiger partial charge >= 0.3 is 0 Å². The molecule has 0 aliphatic rings. The fourth-order valence-electron chi connectivity index (χ4n) is 2.59. The number of hydrogen-bond donors (Lipinski definition) is 1. The predicted molar refractivity (Wildman–Crippen MR) is 100 cm³/mol. The number of carbonyl (C=O) groups excluding carboxylic acids is 1. The number of amides is 1. The van der Waals surface area contributed by atoms with E-state index in [1.165, 1.54) is 17.7 Å². The molecule has 0 aliphatic heterocycles. The van der Waals surface area contributed by atoms with Gasteiger partial charge in [-0.2, -0.15) is 0 Å². The van der Waals surface area contributed by atoms with E-state index >= 15 is 0 Å². The van der Waals surface area contributed by atoms with E-state index in [1.54, 1.807) is 19.1 Å². The Morgan fingerprint density at radius 2 is 1.89 bits per heavy atom. The molecule has 3 rings (SSSR count). The molecule has 0 bridgehead atoms. The van der Waals surface area contributed by atoms with Gasteiger partial charge in [-0.15, -0.1) is 0 Å². The fourth-order valence-corrected chi connectivity index (χ4v) is 2.59. The molecule has 5 nitrogen and oxygen atoms in total. The summed E-state index contributed by atoms with van der Waals surface area (Å²) >= 11 is 0. The van der Waals surface area contributed by atoms with Crippen molar-refractivity contribution in [2.24, 2.45) is 0 Å². The Labute approximate surface area is 157 Å². The van der Waals surface area contributed by atoms with Gasteiger partial charge in [0, 0.05) is 5.69 Å². The number of carbonyl (C=O) groups is 1. The van der Waals surface area contributed by atoms with Gasteiger partial charge in [-0.25, -0.2) is 4.39 Å². The Balaban J connectivity index is 1.73. The van der Waals surface area contributed by atoms with E-state index in [0.29, 0.717) is 22.9 Å². The number of ether oxygens (including phenoxy) is 1. The summed E-state index contributed by atoms with van der Waals surface area (Å²) in [5.41, 5.74) is 2.45. The Kier molecular flexibility index (Phi) is 5.54. The second kappa shape index (κ2) is 8.03. The van der Waals surface area contributed by atoms with Crippen LogP contribution in [0.3, 0.4) is 0 Å². The van der Waals surface area contributed by atoms with Gasteiger partial charge in [0.2, 0.25) is 0 Å². The van der Waals surface area contributed by atoms with Crippen molar-refractivity contribution in [3.8, 4) is 5.75 Å². The van der Waals surface area contributed by atoms with Crippen LogP contribution in [0.4, 0.5) is 10.1 Å². The number of aryl methyl sites for hydroxylation is 1. The van der Waals surface area contributed by atoms with Crippen molar-refractivity contribution >= 4 is 11.6 Å². The highest BCUT2D eigenvalue weighted by Gasteiger charge is 2.21. The van der Waals surface area contributed by atoms with Gasteiger partial charge in [0.25, 0.3) is 5.91 Å². The van der Waals surface area contributed by atoms with Gasteiger partial charge in [0.05, 0.1) is 5.56 Å². The highest BCUT2D eigenvalue weighted by Crippen LogP contribution is 2.22. The Hall–Kier alpha value is -3.15. The second-order valence-electron chi connectivity index (χ2n) is 6.52. The number of anilines is 1. The summed E-state index contributed by atoms with van der Waals surface area (Å²) in [7, 11) is 0. The van der Waals surface area contributed by atoms with Gasteiger partial charge in [-0.05, 0) is 42.7 Å². The summed E-state index contributed by atoms with van der Waals surface area (Å²) in [5, 5.41) is 6.63. The number of nitrogens with one attached hydrogen (secondary N) is 1. The summed E-state index contributed by atoms with van der Waals surface area (Å²) in [6.45, 7) is 5.87. The third-order valence-corrected chi connectivity index (χ3v) is 4.24. The molecular formula is C21H21FN2O3. The summed E-state index contributed by atoms with van der Waals surface area (Å²) < 4.78 is 24.3. The zero-order chi connectivity index (χ0) is 19.4. The molecule has 0 saturated carbocycles.